The van der Waals surface area contributed by atoms with E-state index >= 15 is 0 Å². The van der Waals surface area contributed by atoms with Crippen LogP contribution in [-0.4, -0.2) is 9.97 Å². The van der Waals surface area contributed by atoms with Crippen LogP contribution in [0.5, 0.6) is 0 Å². The monoisotopic (exact) mass is 199 g/mol. The van der Waals surface area contributed by atoms with Gasteiger partial charge in [0.25, 0.3) is 0 Å². The Morgan fingerprint density at radius 1 is 1.20 bits per heavy atom. The molecule has 3 nitrogen and oxygen atoms in total. The van der Waals surface area contributed by atoms with E-state index in [0.717, 1.165) is 17.1 Å². The lowest BCUT2D eigenvalue weighted by atomic mass is 10.2. The number of nitrogens with one attached hydrogen (secondary N) is 1. The Labute approximate surface area is 89.2 Å². The van der Waals surface area contributed by atoms with E-state index in [1.807, 2.05) is 19.1 Å². The molecule has 0 bridgehead atoms. The molecular formula is C12H13N3. The van der Waals surface area contributed by atoms with E-state index in [1.54, 1.807) is 12.5 Å². The van der Waals surface area contributed by atoms with Gasteiger partial charge in [0.05, 0.1) is 0 Å². The number of aryl methyl sites for hydroxylation is 2. The second kappa shape index (κ2) is 4.09. The minimum atomic E-state index is 0.857. The topological polar surface area (TPSA) is 37.8 Å². The SMILES string of the molecule is Cc1cccc(Nc2ncncc2C)c1. The molecule has 1 heterocycles. The van der Waals surface area contributed by atoms with Crippen LogP contribution in [0, 0.1) is 13.8 Å². The lowest BCUT2D eigenvalue weighted by Gasteiger charge is -2.07. The largest absolute Gasteiger partial charge is 0.340 e. The summed E-state index contributed by atoms with van der Waals surface area (Å²) >= 11 is 0. The Kier molecular flexibility index (Phi) is 2.63. The van der Waals surface area contributed by atoms with Crippen molar-refractivity contribution in [3.8, 4) is 0 Å². The lowest BCUT2D eigenvalue weighted by molar-refractivity contribution is 1.13. The van der Waals surface area contributed by atoms with Crippen molar-refractivity contribution in [3.05, 3.63) is 47.9 Å². The maximum Gasteiger partial charge on any atom is 0.136 e. The first-order valence-electron chi connectivity index (χ1n) is 4.86. The molecule has 0 aliphatic heterocycles. The molecule has 1 aromatic carbocycles. The summed E-state index contributed by atoms with van der Waals surface area (Å²) in [5.41, 5.74) is 3.32. The Balaban J connectivity index is 2.26. The predicted octanol–water partition coefficient (Wildman–Crippen LogP) is 2.84. The van der Waals surface area contributed by atoms with Crippen molar-refractivity contribution >= 4 is 11.5 Å². The lowest BCUT2D eigenvalue weighted by Crippen LogP contribution is -1.96. The van der Waals surface area contributed by atoms with Crippen molar-refractivity contribution in [1.29, 1.82) is 0 Å². The number of hydrogen-bond acceptors (Lipinski definition) is 3. The third kappa shape index (κ3) is 2.31. The summed E-state index contributed by atoms with van der Waals surface area (Å²) in [6.45, 7) is 4.05. The quantitative estimate of drug-likeness (QED) is 0.808. The fraction of sp³-hybridized carbons (Fsp3) is 0.167. The van der Waals surface area contributed by atoms with Gasteiger partial charge in [-0.15, -0.1) is 0 Å². The average molecular weight is 199 g/mol. The standard InChI is InChI=1S/C12H13N3/c1-9-4-3-5-11(6-9)15-12-10(2)7-13-8-14-12/h3-8H,1-2H3,(H,13,14,15). The van der Waals surface area contributed by atoms with Gasteiger partial charge in [0.2, 0.25) is 0 Å². The van der Waals surface area contributed by atoms with Crippen molar-refractivity contribution in [3.63, 3.8) is 0 Å². The Hall–Kier alpha value is -1.90. The number of benzene rings is 1. The highest BCUT2D eigenvalue weighted by molar-refractivity contribution is 5.58. The first-order chi connectivity index (χ1) is 7.25. The van der Waals surface area contributed by atoms with Gasteiger partial charge >= 0.3 is 0 Å². The van der Waals surface area contributed by atoms with E-state index in [9.17, 15) is 0 Å². The van der Waals surface area contributed by atoms with Gasteiger partial charge in [0.15, 0.2) is 0 Å². The van der Waals surface area contributed by atoms with Crippen molar-refractivity contribution in [2.75, 3.05) is 5.32 Å². The Morgan fingerprint density at radius 2 is 2.07 bits per heavy atom. The van der Waals surface area contributed by atoms with E-state index in [-0.39, 0.29) is 0 Å². The summed E-state index contributed by atoms with van der Waals surface area (Å²) in [6.07, 6.45) is 3.34. The first kappa shape index (κ1) is 9.65. The van der Waals surface area contributed by atoms with Crippen LogP contribution in [0.1, 0.15) is 11.1 Å². The number of anilines is 2. The van der Waals surface area contributed by atoms with Gasteiger partial charge in [-0.2, -0.15) is 0 Å². The third-order valence-corrected chi connectivity index (χ3v) is 2.18. The summed E-state index contributed by atoms with van der Waals surface area (Å²) < 4.78 is 0. The second-order valence-electron chi connectivity index (χ2n) is 3.55. The Morgan fingerprint density at radius 3 is 2.80 bits per heavy atom. The fourth-order valence-electron chi connectivity index (χ4n) is 1.39. The molecule has 15 heavy (non-hydrogen) atoms. The van der Waals surface area contributed by atoms with E-state index in [0.29, 0.717) is 0 Å². The smallest absolute Gasteiger partial charge is 0.136 e. The van der Waals surface area contributed by atoms with Crippen LogP contribution < -0.4 is 5.32 Å². The molecular weight excluding hydrogens is 186 g/mol. The number of nitrogens with zero attached hydrogens (tertiary/aromatic N) is 2. The van der Waals surface area contributed by atoms with Gasteiger partial charge in [-0.3, -0.25) is 0 Å². The third-order valence-electron chi connectivity index (χ3n) is 2.18. The molecule has 2 rings (SSSR count). The zero-order valence-corrected chi connectivity index (χ0v) is 8.86. The van der Waals surface area contributed by atoms with Crippen LogP contribution in [0.2, 0.25) is 0 Å². The van der Waals surface area contributed by atoms with Gasteiger partial charge < -0.3 is 5.32 Å². The Bertz CT molecular complexity index is 466. The van der Waals surface area contributed by atoms with Crippen LogP contribution in [0.4, 0.5) is 11.5 Å². The molecule has 1 N–H and O–H groups in total. The van der Waals surface area contributed by atoms with Crippen LogP contribution >= 0.6 is 0 Å². The van der Waals surface area contributed by atoms with Crippen molar-refractivity contribution in [2.24, 2.45) is 0 Å². The molecule has 0 atom stereocenters. The van der Waals surface area contributed by atoms with E-state index in [2.05, 4.69) is 34.3 Å². The summed E-state index contributed by atoms with van der Waals surface area (Å²) in [6, 6.07) is 8.20. The maximum atomic E-state index is 4.18. The first-order valence-corrected chi connectivity index (χ1v) is 4.86. The number of rotatable bonds is 2. The highest BCUT2D eigenvalue weighted by Crippen LogP contribution is 2.17. The maximum absolute atomic E-state index is 4.18. The summed E-state index contributed by atoms with van der Waals surface area (Å²) in [7, 11) is 0. The fourth-order valence-corrected chi connectivity index (χ4v) is 1.39. The highest BCUT2D eigenvalue weighted by atomic mass is 15.0. The van der Waals surface area contributed by atoms with Crippen molar-refractivity contribution in [1.82, 2.24) is 9.97 Å². The molecule has 0 fully saturated rings. The molecule has 0 aliphatic carbocycles. The van der Waals surface area contributed by atoms with E-state index in [1.165, 1.54) is 5.56 Å². The van der Waals surface area contributed by atoms with E-state index in [4.69, 9.17) is 0 Å². The van der Waals surface area contributed by atoms with Crippen LogP contribution in [0.15, 0.2) is 36.8 Å². The van der Waals surface area contributed by atoms with Gasteiger partial charge in [0, 0.05) is 17.4 Å². The van der Waals surface area contributed by atoms with Crippen LogP contribution in [0.25, 0.3) is 0 Å². The molecule has 0 aliphatic rings. The van der Waals surface area contributed by atoms with Gasteiger partial charge in [-0.05, 0) is 31.5 Å². The minimum Gasteiger partial charge on any atom is -0.340 e. The summed E-state index contributed by atoms with van der Waals surface area (Å²) in [4.78, 5) is 8.13. The molecule has 0 unspecified atom stereocenters. The van der Waals surface area contributed by atoms with E-state index < -0.39 is 0 Å². The van der Waals surface area contributed by atoms with Crippen LogP contribution in [0.3, 0.4) is 0 Å². The van der Waals surface area contributed by atoms with Gasteiger partial charge in [0.1, 0.15) is 12.1 Å². The number of aromatic nitrogens is 2. The van der Waals surface area contributed by atoms with Crippen molar-refractivity contribution < 1.29 is 0 Å². The molecule has 3 heteroatoms. The van der Waals surface area contributed by atoms with Crippen molar-refractivity contribution in [2.45, 2.75) is 13.8 Å². The molecule has 0 spiro atoms. The second-order valence-corrected chi connectivity index (χ2v) is 3.55. The minimum absolute atomic E-state index is 0.857. The molecule has 76 valence electrons. The molecule has 0 saturated carbocycles. The normalized spacial score (nSPS) is 10.0. The predicted molar refractivity (Wildman–Crippen MR) is 61.2 cm³/mol. The highest BCUT2D eigenvalue weighted by Gasteiger charge is 1.99. The van der Waals surface area contributed by atoms with Gasteiger partial charge in [-0.25, -0.2) is 9.97 Å². The molecule has 0 saturated heterocycles. The summed E-state index contributed by atoms with van der Waals surface area (Å²) in [5, 5.41) is 3.26. The average Bonchev–Trinajstić information content (AvgIpc) is 2.22. The molecule has 2 aromatic rings. The summed E-state index contributed by atoms with van der Waals surface area (Å²) in [5.74, 6) is 0.857. The molecule has 0 amide bonds. The zero-order valence-electron chi connectivity index (χ0n) is 8.86. The van der Waals surface area contributed by atoms with Crippen LogP contribution in [-0.2, 0) is 0 Å². The zero-order chi connectivity index (χ0) is 10.7. The molecule has 0 radical (unpaired) electrons. The molecule has 1 aromatic heterocycles. The number of hydrogen-bond donors (Lipinski definition) is 1. The van der Waals surface area contributed by atoms with Gasteiger partial charge in [-0.1, -0.05) is 12.1 Å².